The zero-order chi connectivity index (χ0) is 17.3. The highest BCUT2D eigenvalue weighted by Gasteiger charge is 2.31. The molecule has 1 amide bonds. The predicted octanol–water partition coefficient (Wildman–Crippen LogP) is 2.37. The molecule has 0 spiro atoms. The van der Waals surface area contributed by atoms with E-state index in [1.165, 1.54) is 23.5 Å². The number of aryl methyl sites for hydroxylation is 1. The number of methoxy groups -OCH3 is 1. The fourth-order valence-electron chi connectivity index (χ4n) is 2.32. The highest BCUT2D eigenvalue weighted by molar-refractivity contribution is 7.11. The number of amidine groups is 1. The number of aliphatic hydroxyl groups excluding tert-OH is 1. The number of ether oxygens (including phenoxy) is 1. The molecule has 0 unspecified atom stereocenters. The van der Waals surface area contributed by atoms with Gasteiger partial charge in [-0.25, -0.2) is 4.98 Å². The predicted molar refractivity (Wildman–Crippen MR) is 91.3 cm³/mol. The molecule has 0 aliphatic carbocycles. The first kappa shape index (κ1) is 16.0. The van der Waals surface area contributed by atoms with Crippen LogP contribution in [0.15, 0.2) is 35.4 Å². The largest absolute Gasteiger partial charge is 0.509 e. The summed E-state index contributed by atoms with van der Waals surface area (Å²) in [6, 6.07) is 6.71. The van der Waals surface area contributed by atoms with Crippen LogP contribution in [0.5, 0.6) is 5.75 Å². The minimum absolute atomic E-state index is 0.0121. The normalized spacial score (nSPS) is 14.2. The Morgan fingerprint density at radius 2 is 2.29 bits per heavy atom. The van der Waals surface area contributed by atoms with Crippen LogP contribution in [0.4, 0.5) is 0 Å². The van der Waals surface area contributed by atoms with Gasteiger partial charge in [-0.3, -0.25) is 20.6 Å². The molecule has 1 aliphatic heterocycles. The monoisotopic (exact) mass is 344 g/mol. The first-order valence-electron chi connectivity index (χ1n) is 7.15. The van der Waals surface area contributed by atoms with Gasteiger partial charge in [0.05, 0.1) is 19.2 Å². The second kappa shape index (κ2) is 6.32. The van der Waals surface area contributed by atoms with Crippen LogP contribution in [-0.4, -0.2) is 40.5 Å². The lowest BCUT2D eigenvalue weighted by atomic mass is 10.2. The lowest BCUT2D eigenvalue weighted by molar-refractivity contribution is 0.0874. The van der Waals surface area contributed by atoms with Gasteiger partial charge < -0.3 is 9.84 Å². The fraction of sp³-hybridized carbons (Fsp3) is 0.188. The Morgan fingerprint density at radius 3 is 2.96 bits per heavy atom. The van der Waals surface area contributed by atoms with Crippen LogP contribution in [0, 0.1) is 12.3 Å². The SMILES string of the molecule is COc1cccc(C(=O)NN2CC(O)=C(c3nc(C)cs3)C2=N)c1. The summed E-state index contributed by atoms with van der Waals surface area (Å²) >= 11 is 1.35. The molecule has 3 rings (SSSR count). The van der Waals surface area contributed by atoms with Gasteiger partial charge in [0.15, 0.2) is 5.84 Å². The maximum absolute atomic E-state index is 12.4. The number of hydrazine groups is 1. The molecule has 0 fully saturated rings. The maximum atomic E-state index is 12.4. The number of nitrogens with one attached hydrogen (secondary N) is 2. The smallest absolute Gasteiger partial charge is 0.269 e. The molecule has 3 N–H and O–H groups in total. The summed E-state index contributed by atoms with van der Waals surface area (Å²) < 4.78 is 5.10. The second-order valence-corrected chi connectivity index (χ2v) is 6.08. The Kier molecular flexibility index (Phi) is 4.22. The maximum Gasteiger partial charge on any atom is 0.269 e. The van der Waals surface area contributed by atoms with E-state index in [1.54, 1.807) is 24.3 Å². The molecule has 124 valence electrons. The average molecular weight is 344 g/mol. The van der Waals surface area contributed by atoms with Crippen molar-refractivity contribution < 1.29 is 14.6 Å². The summed E-state index contributed by atoms with van der Waals surface area (Å²) in [6.07, 6.45) is 0. The van der Waals surface area contributed by atoms with Crippen molar-refractivity contribution in [1.29, 1.82) is 5.41 Å². The summed E-state index contributed by atoms with van der Waals surface area (Å²) in [4.78, 5) is 16.6. The van der Waals surface area contributed by atoms with Gasteiger partial charge in [0.1, 0.15) is 16.5 Å². The summed E-state index contributed by atoms with van der Waals surface area (Å²) in [7, 11) is 1.53. The Hall–Kier alpha value is -2.87. The molecule has 0 radical (unpaired) electrons. The standard InChI is InChI=1S/C16H16N4O3S/c1-9-8-24-16(18-9)13-12(21)7-20(14(13)17)19-15(22)10-4-3-5-11(6-10)23-2/h3-6,8,17,21H,7H2,1-2H3,(H,19,22). The molecule has 2 aromatic rings. The van der Waals surface area contributed by atoms with Crippen LogP contribution in [0.3, 0.4) is 0 Å². The number of carbonyl (C=O) groups is 1. The van der Waals surface area contributed by atoms with E-state index in [9.17, 15) is 9.90 Å². The minimum Gasteiger partial charge on any atom is -0.509 e. The molecule has 8 heteroatoms. The van der Waals surface area contributed by atoms with E-state index in [0.29, 0.717) is 21.9 Å². The zero-order valence-electron chi connectivity index (χ0n) is 13.2. The number of thiazole rings is 1. The number of carbonyl (C=O) groups excluding carboxylic acids is 1. The van der Waals surface area contributed by atoms with E-state index in [1.807, 2.05) is 12.3 Å². The number of benzene rings is 1. The van der Waals surface area contributed by atoms with E-state index < -0.39 is 0 Å². The molecule has 0 atom stereocenters. The van der Waals surface area contributed by atoms with Crippen LogP contribution >= 0.6 is 11.3 Å². The lowest BCUT2D eigenvalue weighted by Crippen LogP contribution is -2.43. The highest BCUT2D eigenvalue weighted by atomic mass is 32.1. The third-order valence-corrected chi connectivity index (χ3v) is 4.48. The number of hydrogen-bond donors (Lipinski definition) is 3. The molecule has 0 bridgehead atoms. The fourth-order valence-corrected chi connectivity index (χ4v) is 3.18. The van der Waals surface area contributed by atoms with Gasteiger partial charge in [-0.1, -0.05) is 6.07 Å². The van der Waals surface area contributed by atoms with Crippen molar-refractivity contribution in [3.05, 3.63) is 51.7 Å². The van der Waals surface area contributed by atoms with Crippen molar-refractivity contribution in [3.63, 3.8) is 0 Å². The number of aromatic nitrogens is 1. The molecule has 1 aromatic carbocycles. The van der Waals surface area contributed by atoms with Gasteiger partial charge >= 0.3 is 0 Å². The van der Waals surface area contributed by atoms with Crippen LogP contribution < -0.4 is 10.2 Å². The summed E-state index contributed by atoms with van der Waals surface area (Å²) in [5.74, 6) is 0.209. The quantitative estimate of drug-likeness (QED) is 0.791. The van der Waals surface area contributed by atoms with Crippen LogP contribution in [0.1, 0.15) is 21.1 Å². The Labute approximate surface area is 142 Å². The third kappa shape index (κ3) is 2.95. The topological polar surface area (TPSA) is 98.5 Å². The molecule has 1 aliphatic rings. The summed E-state index contributed by atoms with van der Waals surface area (Å²) in [6.45, 7) is 1.88. The van der Waals surface area contributed by atoms with E-state index in [4.69, 9.17) is 10.1 Å². The van der Waals surface area contributed by atoms with Crippen LogP contribution in [0.25, 0.3) is 5.57 Å². The van der Waals surface area contributed by atoms with Crippen molar-refractivity contribution in [2.75, 3.05) is 13.7 Å². The van der Waals surface area contributed by atoms with Gasteiger partial charge in [-0.15, -0.1) is 11.3 Å². The number of hydrogen-bond acceptors (Lipinski definition) is 6. The average Bonchev–Trinajstić information content (AvgIpc) is 3.10. The molecular weight excluding hydrogens is 328 g/mol. The van der Waals surface area contributed by atoms with Gasteiger partial charge in [0.2, 0.25) is 0 Å². The number of amides is 1. The van der Waals surface area contributed by atoms with E-state index >= 15 is 0 Å². The summed E-state index contributed by atoms with van der Waals surface area (Å²) in [5, 5.41) is 22.1. The van der Waals surface area contributed by atoms with Crippen LogP contribution in [0.2, 0.25) is 0 Å². The van der Waals surface area contributed by atoms with Crippen LogP contribution in [-0.2, 0) is 0 Å². The van der Waals surface area contributed by atoms with Crippen molar-refractivity contribution in [3.8, 4) is 5.75 Å². The Morgan fingerprint density at radius 1 is 1.50 bits per heavy atom. The molecule has 7 nitrogen and oxygen atoms in total. The van der Waals surface area contributed by atoms with Gasteiger partial charge in [0, 0.05) is 16.6 Å². The van der Waals surface area contributed by atoms with Gasteiger partial charge in [-0.05, 0) is 25.1 Å². The Bertz CT molecular complexity index is 843. The van der Waals surface area contributed by atoms with Crippen molar-refractivity contribution in [2.45, 2.75) is 6.92 Å². The first-order valence-corrected chi connectivity index (χ1v) is 8.03. The van der Waals surface area contributed by atoms with E-state index in [0.717, 1.165) is 5.69 Å². The van der Waals surface area contributed by atoms with Crippen molar-refractivity contribution in [1.82, 2.24) is 15.4 Å². The second-order valence-electron chi connectivity index (χ2n) is 5.22. The zero-order valence-corrected chi connectivity index (χ0v) is 14.0. The third-order valence-electron chi connectivity index (χ3n) is 3.50. The van der Waals surface area contributed by atoms with E-state index in [-0.39, 0.29) is 24.0 Å². The molecule has 1 aromatic heterocycles. The minimum atomic E-state index is -0.386. The molecular formula is C16H16N4O3S. The van der Waals surface area contributed by atoms with E-state index in [2.05, 4.69) is 10.4 Å². The number of aliphatic hydroxyl groups is 1. The van der Waals surface area contributed by atoms with Gasteiger partial charge in [0.25, 0.3) is 5.91 Å². The highest BCUT2D eigenvalue weighted by Crippen LogP contribution is 2.28. The van der Waals surface area contributed by atoms with Crippen molar-refractivity contribution in [2.24, 2.45) is 0 Å². The van der Waals surface area contributed by atoms with Crippen molar-refractivity contribution >= 4 is 28.7 Å². The molecule has 2 heterocycles. The molecule has 0 saturated carbocycles. The number of nitrogens with zero attached hydrogens (tertiary/aromatic N) is 2. The Balaban J connectivity index is 1.76. The number of rotatable bonds is 4. The summed E-state index contributed by atoms with van der Waals surface area (Å²) in [5.41, 5.74) is 4.19. The first-order chi connectivity index (χ1) is 11.5. The molecule has 24 heavy (non-hydrogen) atoms. The lowest BCUT2D eigenvalue weighted by Gasteiger charge is -2.19. The molecule has 0 saturated heterocycles. The van der Waals surface area contributed by atoms with Gasteiger partial charge in [-0.2, -0.15) is 0 Å².